The molecule has 0 atom stereocenters. The molecule has 0 bridgehead atoms. The molecule has 0 fully saturated rings. The largest absolute Gasteiger partial charge is 0.451 e. The number of carbonyl (C=O) groups excluding carboxylic acids is 1. The molecule has 0 aliphatic rings. The van der Waals surface area contributed by atoms with Gasteiger partial charge < -0.3 is 9.73 Å². The van der Waals surface area contributed by atoms with E-state index in [4.69, 9.17) is 27.6 Å². The lowest BCUT2D eigenvalue weighted by molar-refractivity contribution is -0.113. The van der Waals surface area contributed by atoms with Gasteiger partial charge in [-0.1, -0.05) is 47.1 Å². The molecule has 2 aromatic carbocycles. The molecule has 136 valence electrons. The highest BCUT2D eigenvalue weighted by Gasteiger charge is 2.16. The predicted octanol–water partition coefficient (Wildman–Crippen LogP) is 5.72. The Morgan fingerprint density at radius 3 is 2.85 bits per heavy atom. The summed E-state index contributed by atoms with van der Waals surface area (Å²) < 4.78 is 5.91. The van der Waals surface area contributed by atoms with Crippen molar-refractivity contribution in [1.29, 1.82) is 0 Å². The van der Waals surface area contributed by atoms with E-state index in [1.54, 1.807) is 18.2 Å². The summed E-state index contributed by atoms with van der Waals surface area (Å²) in [5.74, 6) is 0.547. The Bertz CT molecular complexity index is 1180. The number of nitrogens with zero attached hydrogens (tertiary/aromatic N) is 2. The molecule has 1 amide bonds. The highest BCUT2D eigenvalue weighted by atomic mass is 35.5. The minimum absolute atomic E-state index is 0.144. The van der Waals surface area contributed by atoms with E-state index in [1.807, 2.05) is 31.2 Å². The monoisotopic (exact) mass is 417 g/mol. The number of benzene rings is 2. The molecule has 4 aromatic rings. The fourth-order valence-electron chi connectivity index (χ4n) is 2.68. The van der Waals surface area contributed by atoms with E-state index in [0.29, 0.717) is 32.2 Å². The highest BCUT2D eigenvalue weighted by Crippen LogP contribution is 2.33. The van der Waals surface area contributed by atoms with Gasteiger partial charge in [-0.05, 0) is 37.3 Å². The second-order valence-electron chi connectivity index (χ2n) is 5.81. The summed E-state index contributed by atoms with van der Waals surface area (Å²) >= 11 is 13.3. The number of aromatic nitrogens is 2. The number of halogens is 2. The summed E-state index contributed by atoms with van der Waals surface area (Å²) in [6, 6.07) is 12.6. The number of hydrogen-bond acceptors (Lipinski definition) is 5. The number of carbonyl (C=O) groups is 1. The van der Waals surface area contributed by atoms with Crippen LogP contribution in [0.1, 0.15) is 5.82 Å². The molecule has 27 heavy (non-hydrogen) atoms. The van der Waals surface area contributed by atoms with E-state index >= 15 is 0 Å². The standard InChI is InChI=1S/C19H13Cl2N3O2S/c1-10-22-17-12-4-2-3-5-15(12)26-18(17)19(23-10)27-9-16(25)24-14-8-11(20)6-7-13(14)21/h2-8H,9H2,1H3,(H,24,25). The summed E-state index contributed by atoms with van der Waals surface area (Å²) in [6.45, 7) is 1.82. The van der Waals surface area contributed by atoms with Crippen LogP contribution in [-0.4, -0.2) is 21.6 Å². The predicted molar refractivity (Wildman–Crippen MR) is 110 cm³/mol. The zero-order chi connectivity index (χ0) is 19.0. The van der Waals surface area contributed by atoms with Gasteiger partial charge >= 0.3 is 0 Å². The first-order valence-corrected chi connectivity index (χ1v) is 9.79. The van der Waals surface area contributed by atoms with Crippen LogP contribution in [0.25, 0.3) is 22.1 Å². The topological polar surface area (TPSA) is 68.0 Å². The van der Waals surface area contributed by atoms with Crippen LogP contribution >= 0.6 is 35.0 Å². The Kier molecular flexibility index (Phi) is 4.95. The molecule has 0 saturated carbocycles. The van der Waals surface area contributed by atoms with Crippen LogP contribution in [0.15, 0.2) is 51.9 Å². The first-order valence-electron chi connectivity index (χ1n) is 8.05. The van der Waals surface area contributed by atoms with Gasteiger partial charge in [-0.15, -0.1) is 0 Å². The molecule has 1 N–H and O–H groups in total. The summed E-state index contributed by atoms with van der Waals surface area (Å²) in [4.78, 5) is 21.3. The van der Waals surface area contributed by atoms with Crippen molar-refractivity contribution in [3.63, 3.8) is 0 Å². The third-order valence-corrected chi connectivity index (χ3v) is 5.36. The SMILES string of the molecule is Cc1nc(SCC(=O)Nc2cc(Cl)ccc2Cl)c2oc3ccccc3c2n1. The number of nitrogens with one attached hydrogen (secondary N) is 1. The van der Waals surface area contributed by atoms with Crippen molar-refractivity contribution in [2.45, 2.75) is 11.9 Å². The number of fused-ring (bicyclic) bond motifs is 3. The fraction of sp³-hybridized carbons (Fsp3) is 0.105. The van der Waals surface area contributed by atoms with E-state index in [0.717, 1.165) is 16.5 Å². The third-order valence-electron chi connectivity index (χ3n) is 3.84. The second-order valence-corrected chi connectivity index (χ2v) is 7.62. The Labute approximate surface area is 169 Å². The first-order chi connectivity index (χ1) is 13.0. The van der Waals surface area contributed by atoms with Crippen LogP contribution in [0.5, 0.6) is 0 Å². The molecule has 0 aliphatic heterocycles. The van der Waals surface area contributed by atoms with E-state index in [9.17, 15) is 4.79 Å². The van der Waals surface area contributed by atoms with Crippen LogP contribution in [0, 0.1) is 6.92 Å². The zero-order valence-corrected chi connectivity index (χ0v) is 16.5. The van der Waals surface area contributed by atoms with Gasteiger partial charge in [0.15, 0.2) is 5.58 Å². The van der Waals surface area contributed by atoms with Crippen LogP contribution in [0.4, 0.5) is 5.69 Å². The molecule has 8 heteroatoms. The minimum Gasteiger partial charge on any atom is -0.451 e. The van der Waals surface area contributed by atoms with Gasteiger partial charge in [0.05, 0.1) is 16.5 Å². The second kappa shape index (κ2) is 7.38. The maximum Gasteiger partial charge on any atom is 0.234 e. The maximum atomic E-state index is 12.3. The summed E-state index contributed by atoms with van der Waals surface area (Å²) in [5, 5.41) is 5.24. The van der Waals surface area contributed by atoms with Crippen LogP contribution in [0.2, 0.25) is 10.0 Å². The molecule has 0 saturated heterocycles. The summed E-state index contributed by atoms with van der Waals surface area (Å²) in [5.41, 5.74) is 2.55. The molecule has 5 nitrogen and oxygen atoms in total. The van der Waals surface area contributed by atoms with Crippen LogP contribution in [-0.2, 0) is 4.79 Å². The van der Waals surface area contributed by atoms with Crippen molar-refractivity contribution in [2.75, 3.05) is 11.1 Å². The minimum atomic E-state index is -0.218. The number of rotatable bonds is 4. The molecular formula is C19H13Cl2N3O2S. The van der Waals surface area contributed by atoms with Gasteiger partial charge in [0, 0.05) is 10.4 Å². The van der Waals surface area contributed by atoms with Crippen molar-refractivity contribution in [1.82, 2.24) is 9.97 Å². The molecule has 0 unspecified atom stereocenters. The summed E-state index contributed by atoms with van der Waals surface area (Å²) in [7, 11) is 0. The maximum absolute atomic E-state index is 12.3. The van der Waals surface area contributed by atoms with Crippen molar-refractivity contribution in [2.24, 2.45) is 0 Å². The van der Waals surface area contributed by atoms with E-state index in [-0.39, 0.29) is 11.7 Å². The van der Waals surface area contributed by atoms with Crippen molar-refractivity contribution < 1.29 is 9.21 Å². The van der Waals surface area contributed by atoms with E-state index in [1.165, 1.54) is 11.8 Å². The Balaban J connectivity index is 1.58. The highest BCUT2D eigenvalue weighted by molar-refractivity contribution is 8.00. The lowest BCUT2D eigenvalue weighted by atomic mass is 10.2. The molecule has 2 heterocycles. The average molecular weight is 418 g/mol. The van der Waals surface area contributed by atoms with Crippen molar-refractivity contribution in [3.05, 3.63) is 58.3 Å². The molecule has 0 spiro atoms. The van der Waals surface area contributed by atoms with Gasteiger partial charge in [-0.2, -0.15) is 0 Å². The normalized spacial score (nSPS) is 11.2. The smallest absolute Gasteiger partial charge is 0.234 e. The number of thioether (sulfide) groups is 1. The molecule has 2 aromatic heterocycles. The summed E-state index contributed by atoms with van der Waals surface area (Å²) in [6.07, 6.45) is 0. The van der Waals surface area contributed by atoms with Crippen molar-refractivity contribution in [3.8, 4) is 0 Å². The van der Waals surface area contributed by atoms with Gasteiger partial charge in [0.2, 0.25) is 5.91 Å². The zero-order valence-electron chi connectivity index (χ0n) is 14.1. The van der Waals surface area contributed by atoms with Crippen molar-refractivity contribution >= 4 is 68.6 Å². The number of hydrogen-bond donors (Lipinski definition) is 1. The molecular weight excluding hydrogens is 405 g/mol. The molecule has 4 rings (SSSR count). The van der Waals surface area contributed by atoms with Crippen LogP contribution < -0.4 is 5.32 Å². The first kappa shape index (κ1) is 18.1. The van der Waals surface area contributed by atoms with E-state index in [2.05, 4.69) is 15.3 Å². The average Bonchev–Trinajstić information content (AvgIpc) is 3.01. The fourth-order valence-corrected chi connectivity index (χ4v) is 3.83. The van der Waals surface area contributed by atoms with Gasteiger partial charge in [-0.25, -0.2) is 9.97 Å². The third kappa shape index (κ3) is 3.74. The number of anilines is 1. The van der Waals surface area contributed by atoms with E-state index < -0.39 is 0 Å². The number of amides is 1. The Morgan fingerprint density at radius 2 is 2.00 bits per heavy atom. The molecule has 0 aliphatic carbocycles. The quantitative estimate of drug-likeness (QED) is 0.339. The lowest BCUT2D eigenvalue weighted by Gasteiger charge is -2.07. The number of para-hydroxylation sites is 1. The number of aryl methyl sites for hydroxylation is 1. The number of furan rings is 1. The Hall–Kier alpha value is -2.28. The molecule has 0 radical (unpaired) electrons. The Morgan fingerprint density at radius 1 is 1.19 bits per heavy atom. The van der Waals surface area contributed by atoms with Gasteiger partial charge in [-0.3, -0.25) is 4.79 Å². The van der Waals surface area contributed by atoms with Gasteiger partial charge in [0.1, 0.15) is 22.0 Å². The van der Waals surface area contributed by atoms with Crippen LogP contribution in [0.3, 0.4) is 0 Å². The van der Waals surface area contributed by atoms with Gasteiger partial charge in [0.25, 0.3) is 0 Å². The lowest BCUT2D eigenvalue weighted by Crippen LogP contribution is -2.14.